The number of pyridine rings is 1. The van der Waals surface area contributed by atoms with Gasteiger partial charge in [-0.1, -0.05) is 6.07 Å². The Labute approximate surface area is 119 Å². The van der Waals surface area contributed by atoms with Crippen molar-refractivity contribution in [3.8, 4) is 0 Å². The number of carbonyl (C=O) groups excluding carboxylic acids is 1. The average Bonchev–Trinajstić information content (AvgIpc) is 2.97. The molecule has 1 saturated heterocycles. The maximum absolute atomic E-state index is 12.5. The highest BCUT2D eigenvalue weighted by Crippen LogP contribution is 2.13. The highest BCUT2D eigenvalue weighted by Gasteiger charge is 2.23. The zero-order valence-electron chi connectivity index (χ0n) is 11.6. The van der Waals surface area contributed by atoms with Gasteiger partial charge in [-0.3, -0.25) is 10.4 Å². The predicted octanol–water partition coefficient (Wildman–Crippen LogP) is 1.43. The van der Waals surface area contributed by atoms with Crippen molar-refractivity contribution in [2.24, 2.45) is 5.73 Å². The smallest absolute Gasteiger partial charge is 0.320 e. The van der Waals surface area contributed by atoms with Crippen molar-refractivity contribution in [3.05, 3.63) is 30.1 Å². The van der Waals surface area contributed by atoms with Gasteiger partial charge in [-0.05, 0) is 24.5 Å². The zero-order valence-corrected chi connectivity index (χ0v) is 11.6. The number of nitrogens with two attached hydrogens (primary N) is 1. The molecule has 0 atom stereocenters. The second kappa shape index (κ2) is 6.88. The van der Waals surface area contributed by atoms with Gasteiger partial charge in [0.05, 0.1) is 5.84 Å². The summed E-state index contributed by atoms with van der Waals surface area (Å²) < 4.78 is 0. The van der Waals surface area contributed by atoms with Crippen LogP contribution in [0.25, 0.3) is 0 Å². The molecule has 1 aliphatic rings. The molecule has 20 heavy (non-hydrogen) atoms. The fourth-order valence-corrected chi connectivity index (χ4v) is 2.32. The minimum absolute atomic E-state index is 0.0348. The molecule has 0 unspecified atom stereocenters. The van der Waals surface area contributed by atoms with E-state index in [2.05, 4.69) is 4.98 Å². The fourth-order valence-electron chi connectivity index (χ4n) is 2.32. The van der Waals surface area contributed by atoms with E-state index in [4.69, 9.17) is 11.1 Å². The van der Waals surface area contributed by atoms with E-state index in [-0.39, 0.29) is 11.9 Å². The third-order valence-corrected chi connectivity index (χ3v) is 3.39. The third kappa shape index (κ3) is 3.94. The highest BCUT2D eigenvalue weighted by molar-refractivity contribution is 5.79. The predicted molar refractivity (Wildman–Crippen MR) is 77.4 cm³/mol. The van der Waals surface area contributed by atoms with Crippen LogP contribution in [0.4, 0.5) is 4.79 Å². The Hall–Kier alpha value is -2.11. The molecule has 1 aliphatic heterocycles. The van der Waals surface area contributed by atoms with Gasteiger partial charge in [0.25, 0.3) is 0 Å². The van der Waals surface area contributed by atoms with E-state index in [1.807, 2.05) is 17.0 Å². The normalized spacial score (nSPS) is 14.3. The SMILES string of the molecule is N=C(N)CCN(Cc1cccnc1)C(=O)N1CCCC1. The van der Waals surface area contributed by atoms with Crippen molar-refractivity contribution < 1.29 is 4.79 Å². The Morgan fingerprint density at radius 1 is 1.45 bits per heavy atom. The van der Waals surface area contributed by atoms with E-state index in [1.54, 1.807) is 17.3 Å². The van der Waals surface area contributed by atoms with Crippen molar-refractivity contribution in [1.29, 1.82) is 5.41 Å². The first-order chi connectivity index (χ1) is 9.66. The van der Waals surface area contributed by atoms with Crippen molar-refractivity contribution in [1.82, 2.24) is 14.8 Å². The zero-order chi connectivity index (χ0) is 14.4. The summed E-state index contributed by atoms with van der Waals surface area (Å²) in [6.45, 7) is 2.63. The van der Waals surface area contributed by atoms with E-state index in [0.29, 0.717) is 19.5 Å². The number of urea groups is 1. The van der Waals surface area contributed by atoms with E-state index in [9.17, 15) is 4.79 Å². The first-order valence-electron chi connectivity index (χ1n) is 6.92. The summed E-state index contributed by atoms with van der Waals surface area (Å²) >= 11 is 0. The second-order valence-electron chi connectivity index (χ2n) is 5.03. The molecular weight excluding hydrogens is 254 g/mol. The van der Waals surface area contributed by atoms with Crippen molar-refractivity contribution in [3.63, 3.8) is 0 Å². The average molecular weight is 275 g/mol. The molecule has 0 saturated carbocycles. The van der Waals surface area contributed by atoms with Gasteiger partial charge in [0, 0.05) is 45.0 Å². The first kappa shape index (κ1) is 14.3. The highest BCUT2D eigenvalue weighted by atomic mass is 16.2. The number of aromatic nitrogens is 1. The number of nitrogens with one attached hydrogen (secondary N) is 1. The Kier molecular flexibility index (Phi) is 4.92. The largest absolute Gasteiger partial charge is 0.388 e. The molecule has 6 nitrogen and oxygen atoms in total. The lowest BCUT2D eigenvalue weighted by atomic mass is 10.2. The molecule has 3 N–H and O–H groups in total. The van der Waals surface area contributed by atoms with E-state index < -0.39 is 0 Å². The second-order valence-corrected chi connectivity index (χ2v) is 5.03. The van der Waals surface area contributed by atoms with Crippen LogP contribution in [0.5, 0.6) is 0 Å². The molecule has 0 aliphatic carbocycles. The number of hydrogen-bond acceptors (Lipinski definition) is 3. The lowest BCUT2D eigenvalue weighted by Crippen LogP contribution is -2.42. The molecule has 1 fully saturated rings. The Morgan fingerprint density at radius 3 is 2.80 bits per heavy atom. The Balaban J connectivity index is 2.03. The summed E-state index contributed by atoms with van der Waals surface area (Å²) in [4.78, 5) is 20.2. The van der Waals surface area contributed by atoms with Gasteiger partial charge in [-0.2, -0.15) is 0 Å². The summed E-state index contributed by atoms with van der Waals surface area (Å²) in [7, 11) is 0. The van der Waals surface area contributed by atoms with Gasteiger partial charge >= 0.3 is 6.03 Å². The van der Waals surface area contributed by atoms with Crippen LogP contribution in [0.1, 0.15) is 24.8 Å². The molecule has 2 amide bonds. The van der Waals surface area contributed by atoms with E-state index >= 15 is 0 Å². The number of rotatable bonds is 5. The van der Waals surface area contributed by atoms with Crippen LogP contribution in [-0.4, -0.2) is 46.3 Å². The van der Waals surface area contributed by atoms with Gasteiger partial charge in [0.15, 0.2) is 0 Å². The molecule has 108 valence electrons. The van der Waals surface area contributed by atoms with Crippen LogP contribution < -0.4 is 5.73 Å². The van der Waals surface area contributed by atoms with Crippen molar-refractivity contribution in [2.75, 3.05) is 19.6 Å². The molecule has 1 aromatic rings. The lowest BCUT2D eigenvalue weighted by molar-refractivity contribution is 0.161. The van der Waals surface area contributed by atoms with Gasteiger partial charge in [-0.15, -0.1) is 0 Å². The third-order valence-electron chi connectivity index (χ3n) is 3.39. The number of nitrogens with zero attached hydrogens (tertiary/aromatic N) is 3. The van der Waals surface area contributed by atoms with Gasteiger partial charge in [-0.25, -0.2) is 4.79 Å². The summed E-state index contributed by atoms with van der Waals surface area (Å²) in [5.41, 5.74) is 6.40. The van der Waals surface area contributed by atoms with Crippen LogP contribution >= 0.6 is 0 Å². The quantitative estimate of drug-likeness (QED) is 0.629. The monoisotopic (exact) mass is 275 g/mol. The molecule has 0 radical (unpaired) electrons. The van der Waals surface area contributed by atoms with Crippen molar-refractivity contribution in [2.45, 2.75) is 25.8 Å². The van der Waals surface area contributed by atoms with E-state index in [1.165, 1.54) is 0 Å². The standard InChI is InChI=1S/C14H21N5O/c15-13(16)5-9-19(11-12-4-3-6-17-10-12)14(20)18-7-1-2-8-18/h3-4,6,10H,1-2,5,7-9,11H2,(H3,15,16). The fraction of sp³-hybridized carbons (Fsp3) is 0.500. The van der Waals surface area contributed by atoms with Crippen LogP contribution in [0.15, 0.2) is 24.5 Å². The number of amides is 2. The molecule has 2 heterocycles. The lowest BCUT2D eigenvalue weighted by Gasteiger charge is -2.27. The Bertz CT molecular complexity index is 456. The number of carbonyl (C=O) groups is 1. The molecule has 0 bridgehead atoms. The molecular formula is C14H21N5O. The first-order valence-corrected chi connectivity index (χ1v) is 6.92. The minimum atomic E-state index is 0.0348. The molecule has 2 rings (SSSR count). The summed E-state index contributed by atoms with van der Waals surface area (Å²) in [5.74, 6) is 0.107. The van der Waals surface area contributed by atoms with Crippen molar-refractivity contribution >= 4 is 11.9 Å². The van der Waals surface area contributed by atoms with Crippen LogP contribution in [0.2, 0.25) is 0 Å². The van der Waals surface area contributed by atoms with Crippen LogP contribution in [-0.2, 0) is 6.54 Å². The van der Waals surface area contributed by atoms with Gasteiger partial charge in [0.2, 0.25) is 0 Å². The molecule has 6 heteroatoms. The number of hydrogen-bond donors (Lipinski definition) is 2. The minimum Gasteiger partial charge on any atom is -0.388 e. The summed E-state index contributed by atoms with van der Waals surface area (Å²) in [6, 6.07) is 3.84. The number of likely N-dealkylation sites (tertiary alicyclic amines) is 1. The maximum Gasteiger partial charge on any atom is 0.320 e. The summed E-state index contributed by atoms with van der Waals surface area (Å²) in [6.07, 6.45) is 6.02. The molecule has 1 aromatic heterocycles. The van der Waals surface area contributed by atoms with Crippen LogP contribution in [0.3, 0.4) is 0 Å². The van der Waals surface area contributed by atoms with E-state index in [0.717, 1.165) is 31.5 Å². The Morgan fingerprint density at radius 2 is 2.20 bits per heavy atom. The number of amidine groups is 1. The maximum atomic E-state index is 12.5. The molecule has 0 spiro atoms. The van der Waals surface area contributed by atoms with Gasteiger partial charge in [0.1, 0.15) is 0 Å². The van der Waals surface area contributed by atoms with Gasteiger partial charge < -0.3 is 15.5 Å². The topological polar surface area (TPSA) is 86.3 Å². The molecule has 0 aromatic carbocycles. The van der Waals surface area contributed by atoms with Crippen LogP contribution in [0, 0.1) is 5.41 Å². The summed E-state index contributed by atoms with van der Waals surface area (Å²) in [5, 5.41) is 7.33.